The normalized spacial score (nSPS) is 13.3. The molecule has 2 aromatic heterocycles. The molecule has 4 heteroatoms. The van der Waals surface area contributed by atoms with Crippen LogP contribution in [0, 0.1) is 11.3 Å². The zero-order valence-corrected chi connectivity index (χ0v) is 11.3. The first-order chi connectivity index (χ1) is 9.86. The summed E-state index contributed by atoms with van der Waals surface area (Å²) in [6.45, 7) is 0.656. The monoisotopic (exact) mass is 264 g/mol. The van der Waals surface area contributed by atoms with Crippen LogP contribution in [0.1, 0.15) is 35.2 Å². The molecule has 0 radical (unpaired) electrons. The van der Waals surface area contributed by atoms with Gasteiger partial charge in [0.15, 0.2) is 0 Å². The number of hydrogen-bond acceptors (Lipinski definition) is 4. The lowest BCUT2D eigenvalue weighted by Crippen LogP contribution is -2.10. The maximum atomic E-state index is 9.28. The molecule has 0 unspecified atom stereocenters. The first-order valence-corrected chi connectivity index (χ1v) is 6.92. The maximum absolute atomic E-state index is 9.28. The molecule has 0 amide bonds. The standard InChI is InChI=1S/C16H16N4/c17-10-14-9-13-3-1-2-4-15(13)20-16(14)19-11-12-5-7-18-8-6-12/h5-9H,1-4,11H2,(H,19,20). The molecular formula is C16H16N4. The van der Waals surface area contributed by atoms with E-state index in [1.54, 1.807) is 12.4 Å². The van der Waals surface area contributed by atoms with Crippen LogP contribution in [0.4, 0.5) is 5.82 Å². The number of nitrogens with one attached hydrogen (secondary N) is 1. The number of hydrogen-bond donors (Lipinski definition) is 1. The highest BCUT2D eigenvalue weighted by Gasteiger charge is 2.14. The average molecular weight is 264 g/mol. The highest BCUT2D eigenvalue weighted by atomic mass is 15.0. The number of nitrogens with zero attached hydrogens (tertiary/aromatic N) is 3. The fourth-order valence-corrected chi connectivity index (χ4v) is 2.54. The maximum Gasteiger partial charge on any atom is 0.144 e. The van der Waals surface area contributed by atoms with Gasteiger partial charge in [-0.05, 0) is 55.0 Å². The molecule has 20 heavy (non-hydrogen) atoms. The van der Waals surface area contributed by atoms with E-state index in [9.17, 15) is 5.26 Å². The van der Waals surface area contributed by atoms with Crippen molar-refractivity contribution in [2.24, 2.45) is 0 Å². The van der Waals surface area contributed by atoms with Gasteiger partial charge in [-0.3, -0.25) is 4.98 Å². The Hall–Kier alpha value is -2.41. The molecule has 3 rings (SSSR count). The van der Waals surface area contributed by atoms with Crippen LogP contribution in [-0.4, -0.2) is 9.97 Å². The van der Waals surface area contributed by atoms with E-state index < -0.39 is 0 Å². The molecule has 4 nitrogen and oxygen atoms in total. The molecule has 0 aromatic carbocycles. The first-order valence-electron chi connectivity index (χ1n) is 6.92. The lowest BCUT2D eigenvalue weighted by atomic mass is 9.95. The van der Waals surface area contributed by atoms with E-state index >= 15 is 0 Å². The van der Waals surface area contributed by atoms with Gasteiger partial charge in [0.1, 0.15) is 11.9 Å². The summed E-state index contributed by atoms with van der Waals surface area (Å²) in [7, 11) is 0. The van der Waals surface area contributed by atoms with Crippen molar-refractivity contribution in [2.45, 2.75) is 32.2 Å². The van der Waals surface area contributed by atoms with Gasteiger partial charge in [-0.2, -0.15) is 5.26 Å². The van der Waals surface area contributed by atoms with Crippen LogP contribution in [0.5, 0.6) is 0 Å². The molecule has 0 aliphatic heterocycles. The Bertz CT molecular complexity index is 644. The van der Waals surface area contributed by atoms with Crippen LogP contribution >= 0.6 is 0 Å². The predicted molar refractivity (Wildman–Crippen MR) is 77.2 cm³/mol. The second kappa shape index (κ2) is 5.70. The number of nitriles is 1. The Balaban J connectivity index is 1.83. The van der Waals surface area contributed by atoms with Crippen LogP contribution in [-0.2, 0) is 19.4 Å². The molecule has 0 saturated heterocycles. The van der Waals surface area contributed by atoms with Crippen molar-refractivity contribution in [1.82, 2.24) is 9.97 Å². The lowest BCUT2D eigenvalue weighted by molar-refractivity contribution is 0.668. The molecule has 1 N–H and O–H groups in total. The van der Waals surface area contributed by atoms with Crippen LogP contribution in [0.2, 0.25) is 0 Å². The molecule has 2 aromatic rings. The highest BCUT2D eigenvalue weighted by molar-refractivity contribution is 5.54. The van der Waals surface area contributed by atoms with Gasteiger partial charge in [-0.1, -0.05) is 0 Å². The van der Waals surface area contributed by atoms with E-state index in [0.29, 0.717) is 17.9 Å². The van der Waals surface area contributed by atoms with E-state index in [1.165, 1.54) is 18.4 Å². The topological polar surface area (TPSA) is 61.6 Å². The minimum Gasteiger partial charge on any atom is -0.365 e. The second-order valence-electron chi connectivity index (χ2n) is 5.02. The summed E-state index contributed by atoms with van der Waals surface area (Å²) in [5.74, 6) is 0.699. The summed E-state index contributed by atoms with van der Waals surface area (Å²) in [5.41, 5.74) is 4.15. The van der Waals surface area contributed by atoms with Gasteiger partial charge in [0, 0.05) is 24.6 Å². The van der Waals surface area contributed by atoms with E-state index in [2.05, 4.69) is 21.4 Å². The first kappa shape index (κ1) is 12.6. The van der Waals surface area contributed by atoms with Crippen LogP contribution in [0.15, 0.2) is 30.6 Å². The molecular weight excluding hydrogens is 248 g/mol. The number of aromatic nitrogens is 2. The molecule has 0 fully saturated rings. The Kier molecular flexibility index (Phi) is 3.60. The number of pyridine rings is 2. The van der Waals surface area contributed by atoms with E-state index in [0.717, 1.165) is 24.1 Å². The van der Waals surface area contributed by atoms with Crippen LogP contribution < -0.4 is 5.32 Å². The van der Waals surface area contributed by atoms with Crippen molar-refractivity contribution in [3.05, 3.63) is 53.0 Å². The SMILES string of the molecule is N#Cc1cc2c(nc1NCc1ccncc1)CCCC2. The van der Waals surface area contributed by atoms with Gasteiger partial charge in [-0.15, -0.1) is 0 Å². The van der Waals surface area contributed by atoms with Gasteiger partial charge in [0.2, 0.25) is 0 Å². The quantitative estimate of drug-likeness (QED) is 0.926. The van der Waals surface area contributed by atoms with Crippen molar-refractivity contribution in [3.8, 4) is 6.07 Å². The molecule has 100 valence electrons. The zero-order valence-electron chi connectivity index (χ0n) is 11.3. The molecule has 1 aliphatic rings. The predicted octanol–water partition coefficient (Wildman–Crippen LogP) is 2.84. The van der Waals surface area contributed by atoms with Crippen molar-refractivity contribution in [3.63, 3.8) is 0 Å². The van der Waals surface area contributed by atoms with E-state index in [-0.39, 0.29) is 0 Å². The fraction of sp³-hybridized carbons (Fsp3) is 0.312. The summed E-state index contributed by atoms with van der Waals surface area (Å²) < 4.78 is 0. The van der Waals surface area contributed by atoms with E-state index in [4.69, 9.17) is 0 Å². The molecule has 0 bridgehead atoms. The minimum atomic E-state index is 0.639. The number of fused-ring (bicyclic) bond motifs is 1. The molecule has 0 saturated carbocycles. The summed E-state index contributed by atoms with van der Waals surface area (Å²) >= 11 is 0. The Labute approximate surface area is 118 Å². The summed E-state index contributed by atoms with van der Waals surface area (Å²) in [6, 6.07) is 8.15. The van der Waals surface area contributed by atoms with Crippen molar-refractivity contribution in [1.29, 1.82) is 5.26 Å². The Morgan fingerprint density at radius 1 is 1.20 bits per heavy atom. The fourth-order valence-electron chi connectivity index (χ4n) is 2.54. The number of aryl methyl sites for hydroxylation is 2. The largest absolute Gasteiger partial charge is 0.365 e. The Morgan fingerprint density at radius 3 is 2.80 bits per heavy atom. The molecule has 2 heterocycles. The summed E-state index contributed by atoms with van der Waals surface area (Å²) in [5, 5.41) is 12.5. The molecule has 1 aliphatic carbocycles. The average Bonchev–Trinajstić information content (AvgIpc) is 2.53. The highest BCUT2D eigenvalue weighted by Crippen LogP contribution is 2.24. The van der Waals surface area contributed by atoms with Crippen LogP contribution in [0.3, 0.4) is 0 Å². The molecule has 0 atom stereocenters. The van der Waals surface area contributed by atoms with Gasteiger partial charge < -0.3 is 5.32 Å². The third kappa shape index (κ3) is 2.62. The van der Waals surface area contributed by atoms with Gasteiger partial charge in [-0.25, -0.2) is 4.98 Å². The van der Waals surface area contributed by atoms with Gasteiger partial charge in [0.05, 0.1) is 5.56 Å². The zero-order chi connectivity index (χ0) is 13.8. The minimum absolute atomic E-state index is 0.639. The summed E-state index contributed by atoms with van der Waals surface area (Å²) in [6.07, 6.45) is 7.98. The number of anilines is 1. The van der Waals surface area contributed by atoms with Gasteiger partial charge in [0.25, 0.3) is 0 Å². The van der Waals surface area contributed by atoms with Crippen molar-refractivity contribution < 1.29 is 0 Å². The lowest BCUT2D eigenvalue weighted by Gasteiger charge is -2.17. The number of rotatable bonds is 3. The Morgan fingerprint density at radius 2 is 2.00 bits per heavy atom. The smallest absolute Gasteiger partial charge is 0.144 e. The third-order valence-electron chi connectivity index (χ3n) is 3.63. The van der Waals surface area contributed by atoms with Crippen LogP contribution in [0.25, 0.3) is 0 Å². The molecule has 0 spiro atoms. The van der Waals surface area contributed by atoms with Crippen molar-refractivity contribution in [2.75, 3.05) is 5.32 Å². The second-order valence-corrected chi connectivity index (χ2v) is 5.02. The third-order valence-corrected chi connectivity index (χ3v) is 3.63. The summed E-state index contributed by atoms with van der Waals surface area (Å²) in [4.78, 5) is 8.65. The van der Waals surface area contributed by atoms with E-state index in [1.807, 2.05) is 18.2 Å². The van der Waals surface area contributed by atoms with Gasteiger partial charge >= 0.3 is 0 Å². The van der Waals surface area contributed by atoms with Crippen molar-refractivity contribution >= 4 is 5.82 Å².